The van der Waals surface area contributed by atoms with E-state index >= 15 is 0 Å². The lowest BCUT2D eigenvalue weighted by Gasteiger charge is -2.22. The Bertz CT molecular complexity index is 494. The number of carboxylic acid groups (broad SMARTS) is 1. The van der Waals surface area contributed by atoms with E-state index in [0.717, 1.165) is 10.6 Å². The number of anilines is 1. The van der Waals surface area contributed by atoms with Crippen LogP contribution in [0, 0.1) is 0 Å². The number of carbonyl (C=O) groups excluding carboxylic acids is 1. The van der Waals surface area contributed by atoms with Gasteiger partial charge in [0.1, 0.15) is 5.75 Å². The van der Waals surface area contributed by atoms with Crippen molar-refractivity contribution in [3.8, 4) is 5.75 Å². The van der Waals surface area contributed by atoms with E-state index in [1.807, 2.05) is 0 Å². The number of aliphatic carboxylic acids is 1. The normalized spacial score (nSPS) is 10.9. The summed E-state index contributed by atoms with van der Waals surface area (Å²) in [5, 5.41) is 10.5. The topological polar surface area (TPSA) is 86.7 Å². The molecule has 0 saturated carbocycles. The summed E-state index contributed by atoms with van der Waals surface area (Å²) in [5.74, 6) is -0.915. The van der Waals surface area contributed by atoms with Gasteiger partial charge in [-0.05, 0) is 24.3 Å². The first-order chi connectivity index (χ1) is 7.84. The van der Waals surface area contributed by atoms with Crippen LogP contribution in [-0.2, 0) is 14.8 Å². The lowest BCUT2D eigenvalue weighted by atomic mass is 10.3. The standard InChI is InChI=1S/C10H13NO5S/c1-16-9-5-3-8(4-6-9)11(7-10(12)13)17(2,14)15/h3-6H,7H2,1-2H3,(H,12,13)/p-1. The maximum absolute atomic E-state index is 11.4. The van der Waals surface area contributed by atoms with E-state index in [0.29, 0.717) is 5.75 Å². The molecule has 0 spiro atoms. The molecular weight excluding hydrogens is 246 g/mol. The van der Waals surface area contributed by atoms with Crippen molar-refractivity contribution in [3.05, 3.63) is 24.3 Å². The van der Waals surface area contributed by atoms with Crippen molar-refractivity contribution in [2.45, 2.75) is 0 Å². The Morgan fingerprint density at radius 2 is 1.88 bits per heavy atom. The summed E-state index contributed by atoms with van der Waals surface area (Å²) in [5.41, 5.74) is 0.248. The third-order valence-electron chi connectivity index (χ3n) is 2.03. The highest BCUT2D eigenvalue weighted by molar-refractivity contribution is 7.92. The molecule has 0 radical (unpaired) electrons. The SMILES string of the molecule is COc1ccc(N(CC(=O)[O-])S(C)(=O)=O)cc1. The number of hydrogen-bond acceptors (Lipinski definition) is 5. The minimum atomic E-state index is -3.66. The first-order valence-electron chi connectivity index (χ1n) is 4.66. The first-order valence-corrected chi connectivity index (χ1v) is 6.51. The van der Waals surface area contributed by atoms with E-state index in [9.17, 15) is 18.3 Å². The monoisotopic (exact) mass is 258 g/mol. The second kappa shape index (κ2) is 5.05. The third-order valence-corrected chi connectivity index (χ3v) is 3.17. The number of carboxylic acids is 1. The summed E-state index contributed by atoms with van der Waals surface area (Å²) >= 11 is 0. The number of ether oxygens (including phenoxy) is 1. The van der Waals surface area contributed by atoms with Gasteiger partial charge in [-0.15, -0.1) is 0 Å². The quantitative estimate of drug-likeness (QED) is 0.691. The molecule has 0 atom stereocenters. The molecule has 0 fully saturated rings. The van der Waals surface area contributed by atoms with Gasteiger partial charge in [0.05, 0.1) is 31.6 Å². The smallest absolute Gasteiger partial charge is 0.232 e. The van der Waals surface area contributed by atoms with Gasteiger partial charge in [0, 0.05) is 0 Å². The van der Waals surface area contributed by atoms with Crippen molar-refractivity contribution in [3.63, 3.8) is 0 Å². The molecule has 1 rings (SSSR count). The number of carbonyl (C=O) groups is 1. The van der Waals surface area contributed by atoms with Crippen LogP contribution in [0.4, 0.5) is 5.69 Å². The average Bonchev–Trinajstić information content (AvgIpc) is 2.24. The lowest BCUT2D eigenvalue weighted by molar-refractivity contribution is -0.303. The predicted octanol–water partition coefficient (Wildman–Crippen LogP) is -0.789. The van der Waals surface area contributed by atoms with Crippen molar-refractivity contribution in [2.75, 3.05) is 24.2 Å². The summed E-state index contributed by atoms with van der Waals surface area (Å²) in [6.45, 7) is -0.717. The molecule has 0 saturated heterocycles. The minimum absolute atomic E-state index is 0.248. The molecule has 0 unspecified atom stereocenters. The van der Waals surface area contributed by atoms with Crippen LogP contribution < -0.4 is 14.1 Å². The maximum Gasteiger partial charge on any atom is 0.232 e. The molecule has 0 aliphatic carbocycles. The van der Waals surface area contributed by atoms with Crippen molar-refractivity contribution in [2.24, 2.45) is 0 Å². The second-order valence-electron chi connectivity index (χ2n) is 3.34. The Kier molecular flexibility index (Phi) is 3.95. The molecule has 94 valence electrons. The van der Waals surface area contributed by atoms with E-state index < -0.39 is 22.5 Å². The molecule has 0 aliphatic rings. The lowest BCUT2D eigenvalue weighted by Crippen LogP contribution is -2.41. The van der Waals surface area contributed by atoms with Crippen LogP contribution >= 0.6 is 0 Å². The van der Waals surface area contributed by atoms with Crippen LogP contribution in [0.25, 0.3) is 0 Å². The van der Waals surface area contributed by atoms with Gasteiger partial charge in [0.25, 0.3) is 0 Å². The van der Waals surface area contributed by atoms with Crippen LogP contribution in [0.2, 0.25) is 0 Å². The van der Waals surface area contributed by atoms with E-state index in [-0.39, 0.29) is 5.69 Å². The van der Waals surface area contributed by atoms with Crippen LogP contribution in [0.5, 0.6) is 5.75 Å². The van der Waals surface area contributed by atoms with Crippen molar-refractivity contribution in [1.82, 2.24) is 0 Å². The second-order valence-corrected chi connectivity index (χ2v) is 5.25. The van der Waals surface area contributed by atoms with E-state index in [2.05, 4.69) is 0 Å². The van der Waals surface area contributed by atoms with Gasteiger partial charge in [-0.2, -0.15) is 0 Å². The Labute approximate surface area is 99.5 Å². The fourth-order valence-electron chi connectivity index (χ4n) is 1.27. The molecule has 0 bridgehead atoms. The van der Waals surface area contributed by atoms with Crippen LogP contribution in [0.15, 0.2) is 24.3 Å². The van der Waals surface area contributed by atoms with E-state index in [4.69, 9.17) is 4.74 Å². The average molecular weight is 258 g/mol. The van der Waals surface area contributed by atoms with Gasteiger partial charge in [-0.1, -0.05) is 0 Å². The summed E-state index contributed by atoms with van der Waals surface area (Å²) in [7, 11) is -2.18. The van der Waals surface area contributed by atoms with E-state index in [1.165, 1.54) is 19.2 Å². The molecule has 0 aromatic heterocycles. The first kappa shape index (κ1) is 13.3. The summed E-state index contributed by atoms with van der Waals surface area (Å²) in [4.78, 5) is 10.5. The number of sulfonamides is 1. The molecular formula is C10H12NO5S-. The van der Waals surface area contributed by atoms with Gasteiger partial charge in [0.15, 0.2) is 0 Å². The molecule has 6 nitrogen and oxygen atoms in total. The number of benzene rings is 1. The van der Waals surface area contributed by atoms with Crippen LogP contribution in [0.3, 0.4) is 0 Å². The maximum atomic E-state index is 11.4. The Balaban J connectivity index is 3.09. The van der Waals surface area contributed by atoms with Gasteiger partial charge < -0.3 is 14.6 Å². The molecule has 1 aromatic rings. The van der Waals surface area contributed by atoms with Gasteiger partial charge in [0.2, 0.25) is 10.0 Å². The van der Waals surface area contributed by atoms with Gasteiger partial charge >= 0.3 is 0 Å². The number of rotatable bonds is 5. The molecule has 1 aromatic carbocycles. The van der Waals surface area contributed by atoms with E-state index in [1.54, 1.807) is 12.1 Å². The largest absolute Gasteiger partial charge is 0.548 e. The van der Waals surface area contributed by atoms with Crippen molar-refractivity contribution >= 4 is 21.7 Å². The Morgan fingerprint density at radius 3 is 2.24 bits per heavy atom. The molecule has 0 amide bonds. The van der Waals surface area contributed by atoms with Crippen molar-refractivity contribution in [1.29, 1.82) is 0 Å². The minimum Gasteiger partial charge on any atom is -0.548 e. The van der Waals surface area contributed by atoms with Gasteiger partial charge in [-0.3, -0.25) is 4.31 Å². The number of hydrogen-bond donors (Lipinski definition) is 0. The fourth-order valence-corrected chi connectivity index (χ4v) is 2.11. The highest BCUT2D eigenvalue weighted by Crippen LogP contribution is 2.20. The summed E-state index contributed by atoms with van der Waals surface area (Å²) in [6.07, 6.45) is 0.931. The Morgan fingerprint density at radius 1 is 1.35 bits per heavy atom. The van der Waals surface area contributed by atoms with Crippen molar-refractivity contribution < 1.29 is 23.1 Å². The zero-order chi connectivity index (χ0) is 13.1. The third kappa shape index (κ3) is 3.63. The van der Waals surface area contributed by atoms with Crippen LogP contribution in [0.1, 0.15) is 0 Å². The predicted molar refractivity (Wildman–Crippen MR) is 60.2 cm³/mol. The molecule has 0 aliphatic heterocycles. The van der Waals surface area contributed by atoms with Gasteiger partial charge in [-0.25, -0.2) is 8.42 Å². The number of methoxy groups -OCH3 is 1. The zero-order valence-electron chi connectivity index (χ0n) is 9.41. The highest BCUT2D eigenvalue weighted by Gasteiger charge is 2.17. The molecule has 0 heterocycles. The summed E-state index contributed by atoms with van der Waals surface area (Å²) in [6, 6.07) is 6.01. The van der Waals surface area contributed by atoms with Crippen LogP contribution in [-0.4, -0.2) is 34.3 Å². The molecule has 17 heavy (non-hydrogen) atoms. The Hall–Kier alpha value is -1.76. The zero-order valence-corrected chi connectivity index (χ0v) is 10.2. The molecule has 7 heteroatoms. The molecule has 0 N–H and O–H groups in total. The summed E-state index contributed by atoms with van der Waals surface area (Å²) < 4.78 is 28.5. The highest BCUT2D eigenvalue weighted by atomic mass is 32.2. The number of nitrogens with zero attached hydrogens (tertiary/aromatic N) is 1. The fraction of sp³-hybridized carbons (Fsp3) is 0.300.